The van der Waals surface area contributed by atoms with Crippen molar-refractivity contribution in [2.45, 2.75) is 6.92 Å². The number of nitrogens with zero attached hydrogens (tertiary/aromatic N) is 5. The van der Waals surface area contributed by atoms with Gasteiger partial charge in [0.15, 0.2) is 5.00 Å². The molecule has 13 heteroatoms. The molecule has 0 fully saturated rings. The van der Waals surface area contributed by atoms with E-state index in [0.29, 0.717) is 27.2 Å². The van der Waals surface area contributed by atoms with Gasteiger partial charge in [0.25, 0.3) is 0 Å². The van der Waals surface area contributed by atoms with Gasteiger partial charge in [-0.1, -0.05) is 0 Å². The first-order valence-electron chi connectivity index (χ1n) is 10.4. The molecule has 0 atom stereocenters. The molecule has 1 aromatic heterocycles. The summed E-state index contributed by atoms with van der Waals surface area (Å²) >= 11 is 1.11. The van der Waals surface area contributed by atoms with Crippen molar-refractivity contribution in [1.29, 1.82) is 5.26 Å². The van der Waals surface area contributed by atoms with Crippen LogP contribution in [0.1, 0.15) is 12.5 Å². The van der Waals surface area contributed by atoms with Gasteiger partial charge in [-0.3, -0.25) is 14.4 Å². The van der Waals surface area contributed by atoms with Crippen molar-refractivity contribution in [2.75, 3.05) is 44.6 Å². The van der Waals surface area contributed by atoms with Crippen LogP contribution in [0, 0.1) is 11.3 Å². The number of hydrogen-bond donors (Lipinski definition) is 1. The Morgan fingerprint density at radius 1 is 1.08 bits per heavy atom. The Labute approximate surface area is 210 Å². The molecule has 0 radical (unpaired) electrons. The van der Waals surface area contributed by atoms with Crippen molar-refractivity contribution < 1.29 is 28.6 Å². The van der Waals surface area contributed by atoms with Gasteiger partial charge in [-0.2, -0.15) is 9.64 Å². The molecule has 0 saturated heterocycles. The third-order valence-electron chi connectivity index (χ3n) is 4.88. The molecule has 1 heterocycles. The molecule has 0 saturated carbocycles. The highest BCUT2D eigenvalue weighted by atomic mass is 32.1. The molecule has 1 amide bonds. The highest BCUT2D eigenvalue weighted by Crippen LogP contribution is 2.40. The van der Waals surface area contributed by atoms with E-state index in [1.54, 1.807) is 18.2 Å². The smallest absolute Gasteiger partial charge is 0.325 e. The molecule has 3 aromatic rings. The van der Waals surface area contributed by atoms with Gasteiger partial charge in [0.1, 0.15) is 24.5 Å². The van der Waals surface area contributed by atoms with Crippen LogP contribution in [-0.4, -0.2) is 56.6 Å². The molecule has 2 aromatic carbocycles. The molecule has 186 valence electrons. The minimum atomic E-state index is -0.598. The van der Waals surface area contributed by atoms with Gasteiger partial charge in [0.2, 0.25) is 5.91 Å². The van der Waals surface area contributed by atoms with E-state index in [0.717, 1.165) is 11.5 Å². The third kappa shape index (κ3) is 6.10. The number of nitriles is 1. The van der Waals surface area contributed by atoms with Gasteiger partial charge in [-0.15, -0.1) is 10.2 Å². The summed E-state index contributed by atoms with van der Waals surface area (Å²) in [7, 11) is 3.86. The van der Waals surface area contributed by atoms with Crippen molar-refractivity contribution in [3.63, 3.8) is 0 Å². The van der Waals surface area contributed by atoms with Crippen LogP contribution in [-0.2, 0) is 23.9 Å². The van der Waals surface area contributed by atoms with Gasteiger partial charge in [-0.25, -0.2) is 0 Å². The van der Waals surface area contributed by atoms with E-state index in [1.807, 2.05) is 0 Å². The molecule has 0 spiro atoms. The number of benzene rings is 2. The summed E-state index contributed by atoms with van der Waals surface area (Å²) in [6.45, 7) is 0.762. The molecule has 0 aliphatic rings. The van der Waals surface area contributed by atoms with Crippen LogP contribution in [0.5, 0.6) is 5.75 Å². The predicted molar refractivity (Wildman–Crippen MR) is 132 cm³/mol. The Hall–Kier alpha value is -4.57. The second kappa shape index (κ2) is 11.7. The van der Waals surface area contributed by atoms with Crippen molar-refractivity contribution in [3.8, 4) is 11.8 Å². The van der Waals surface area contributed by atoms with E-state index >= 15 is 0 Å². The number of ether oxygens (including phenoxy) is 3. The van der Waals surface area contributed by atoms with Crippen LogP contribution in [0.4, 0.5) is 22.1 Å². The zero-order valence-electron chi connectivity index (χ0n) is 19.9. The minimum absolute atomic E-state index is 0.250. The first-order chi connectivity index (χ1) is 17.3. The fraction of sp³-hybridized carbons (Fsp3) is 0.261. The van der Waals surface area contributed by atoms with E-state index in [1.165, 1.54) is 45.3 Å². The third-order valence-corrected chi connectivity index (χ3v) is 5.64. The number of fused-ring (bicyclic) bond motifs is 1. The fourth-order valence-electron chi connectivity index (χ4n) is 3.18. The Morgan fingerprint density at radius 2 is 1.78 bits per heavy atom. The average Bonchev–Trinajstić information content (AvgIpc) is 3.28. The maximum Gasteiger partial charge on any atom is 0.325 e. The molecule has 36 heavy (non-hydrogen) atoms. The molecule has 1 N–H and O–H groups in total. The molecular weight excluding hydrogens is 488 g/mol. The van der Waals surface area contributed by atoms with Crippen molar-refractivity contribution in [3.05, 3.63) is 35.9 Å². The number of amides is 1. The number of carbonyl (C=O) groups is 3. The highest BCUT2D eigenvalue weighted by Gasteiger charge is 2.22. The lowest BCUT2D eigenvalue weighted by Crippen LogP contribution is -2.36. The summed E-state index contributed by atoms with van der Waals surface area (Å²) in [6.07, 6.45) is 0. The van der Waals surface area contributed by atoms with Crippen LogP contribution in [0.25, 0.3) is 10.9 Å². The Kier molecular flexibility index (Phi) is 8.48. The minimum Gasteiger partial charge on any atom is -0.494 e. The number of methoxy groups -OCH3 is 3. The van der Waals surface area contributed by atoms with Crippen molar-refractivity contribution in [1.82, 2.24) is 4.37 Å². The van der Waals surface area contributed by atoms with Gasteiger partial charge in [0, 0.05) is 18.4 Å². The molecule has 3 rings (SSSR count). The zero-order chi connectivity index (χ0) is 26.2. The van der Waals surface area contributed by atoms with Crippen LogP contribution in [0.3, 0.4) is 0 Å². The lowest BCUT2D eigenvalue weighted by Gasteiger charge is -2.25. The topological polar surface area (TPSA) is 156 Å². The van der Waals surface area contributed by atoms with Crippen LogP contribution in [0.2, 0.25) is 0 Å². The first kappa shape index (κ1) is 26.0. The first-order valence-corrected chi connectivity index (χ1v) is 11.2. The number of aromatic nitrogens is 1. The second-order valence-corrected chi connectivity index (χ2v) is 8.01. The number of rotatable bonds is 9. The largest absolute Gasteiger partial charge is 0.494 e. The summed E-state index contributed by atoms with van der Waals surface area (Å²) in [6, 6.07) is 10.2. The number of hydrogen-bond acceptors (Lipinski definition) is 12. The normalized spacial score (nSPS) is 10.6. The second-order valence-electron chi connectivity index (χ2n) is 7.26. The number of carbonyl (C=O) groups excluding carboxylic acids is 3. The molecule has 12 nitrogen and oxygen atoms in total. The van der Waals surface area contributed by atoms with Crippen LogP contribution < -0.4 is 15.0 Å². The standard InChI is InChI=1S/C23H22N6O6S/c1-13(30)25-17-8-19(29(11-21(31)34-3)12-22(32)35-4)20(33-2)9-18(17)26-27-23-15-7-14(10-24)5-6-16(15)28-36-23/h5-9H,11-12H2,1-4H3,(H,25,30)/b27-26+. The summed E-state index contributed by atoms with van der Waals surface area (Å²) in [5, 5.41) is 21.6. The average molecular weight is 511 g/mol. The Bertz CT molecular complexity index is 1360. The van der Waals surface area contributed by atoms with E-state index in [9.17, 15) is 19.6 Å². The molecule has 0 bridgehead atoms. The number of nitrogens with one attached hydrogen (secondary N) is 1. The number of esters is 2. The van der Waals surface area contributed by atoms with Gasteiger partial charge >= 0.3 is 11.9 Å². The van der Waals surface area contributed by atoms with Crippen LogP contribution in [0.15, 0.2) is 40.6 Å². The lowest BCUT2D eigenvalue weighted by molar-refractivity contribution is -0.140. The van der Waals surface area contributed by atoms with E-state index in [-0.39, 0.29) is 36.1 Å². The summed E-state index contributed by atoms with van der Waals surface area (Å²) in [5.41, 5.74) is 1.95. The predicted octanol–water partition coefficient (Wildman–Crippen LogP) is 3.70. The van der Waals surface area contributed by atoms with Gasteiger partial charge in [0.05, 0.1) is 49.9 Å². The summed E-state index contributed by atoms with van der Waals surface area (Å²) in [4.78, 5) is 37.3. The van der Waals surface area contributed by atoms with Crippen molar-refractivity contribution in [2.24, 2.45) is 10.2 Å². The SMILES string of the molecule is COC(=O)CN(CC(=O)OC)c1cc(NC(C)=O)c(/N=N/c2snc3ccc(C#N)cc23)cc1OC. The van der Waals surface area contributed by atoms with E-state index in [2.05, 4.69) is 26.0 Å². The maximum atomic E-state index is 12.0. The highest BCUT2D eigenvalue weighted by molar-refractivity contribution is 7.11. The summed E-state index contributed by atoms with van der Waals surface area (Å²) < 4.78 is 19.3. The molecular formula is C23H22N6O6S. The number of azo groups is 1. The Morgan fingerprint density at radius 3 is 2.36 bits per heavy atom. The maximum absolute atomic E-state index is 12.0. The van der Waals surface area contributed by atoms with E-state index < -0.39 is 11.9 Å². The molecule has 0 unspecified atom stereocenters. The molecule has 0 aliphatic carbocycles. The molecule has 0 aliphatic heterocycles. The lowest BCUT2D eigenvalue weighted by atomic mass is 10.2. The quantitative estimate of drug-likeness (QED) is 0.335. The Balaban J connectivity index is 2.09. The fourth-order valence-corrected chi connectivity index (χ4v) is 3.86. The van der Waals surface area contributed by atoms with Crippen LogP contribution >= 0.6 is 11.5 Å². The van der Waals surface area contributed by atoms with Crippen molar-refractivity contribution >= 4 is 62.3 Å². The number of anilines is 2. The zero-order valence-corrected chi connectivity index (χ0v) is 20.7. The summed E-state index contributed by atoms with van der Waals surface area (Å²) in [5.74, 6) is -1.32. The van der Waals surface area contributed by atoms with Gasteiger partial charge in [-0.05, 0) is 35.8 Å². The van der Waals surface area contributed by atoms with E-state index in [4.69, 9.17) is 14.2 Å². The monoisotopic (exact) mass is 510 g/mol. The van der Waals surface area contributed by atoms with Gasteiger partial charge < -0.3 is 24.4 Å².